The lowest BCUT2D eigenvalue weighted by atomic mass is 9.82. The molecule has 1 fully saturated rings. The van der Waals surface area contributed by atoms with Gasteiger partial charge in [-0.15, -0.1) is 0 Å². The monoisotopic (exact) mass is 425 g/mol. The molecule has 2 rings (SSSR count). The van der Waals surface area contributed by atoms with Crippen molar-refractivity contribution in [1.82, 2.24) is 9.80 Å². The van der Waals surface area contributed by atoms with Gasteiger partial charge in [0.1, 0.15) is 23.2 Å². The summed E-state index contributed by atoms with van der Waals surface area (Å²) in [5.74, 6) is -3.29. The van der Waals surface area contributed by atoms with Gasteiger partial charge in [-0.05, 0) is 38.4 Å². The van der Waals surface area contributed by atoms with E-state index in [4.69, 9.17) is 23.3 Å². The Kier molecular flexibility index (Phi) is 6.67. The quantitative estimate of drug-likeness (QED) is 0.280. The lowest BCUT2D eigenvalue weighted by molar-refractivity contribution is -0.146. The summed E-state index contributed by atoms with van der Waals surface area (Å²) in [6.07, 6.45) is -0.956. The molecular formula is C18H26BN3O8. The third kappa shape index (κ3) is 5.62. The van der Waals surface area contributed by atoms with Crippen LogP contribution in [0, 0.1) is 0 Å². The molecular weight excluding hydrogens is 397 g/mol. The summed E-state index contributed by atoms with van der Waals surface area (Å²) in [5.41, 5.74) is 4.93. The van der Waals surface area contributed by atoms with Gasteiger partial charge in [0.05, 0.1) is 25.6 Å². The number of ether oxygens (including phenoxy) is 1. The van der Waals surface area contributed by atoms with Gasteiger partial charge in [-0.2, -0.15) is 0 Å². The molecule has 0 radical (unpaired) electrons. The summed E-state index contributed by atoms with van der Waals surface area (Å²) in [5, 5.41) is 37.7. The molecule has 1 heterocycles. The van der Waals surface area contributed by atoms with E-state index in [0.29, 0.717) is 0 Å². The third-order valence-corrected chi connectivity index (χ3v) is 4.68. The molecule has 0 aliphatic carbocycles. The van der Waals surface area contributed by atoms with Crippen LogP contribution < -0.4 is 10.5 Å². The number of carboxylic acid groups (broad SMARTS) is 1. The van der Waals surface area contributed by atoms with Crippen molar-refractivity contribution in [2.45, 2.75) is 31.3 Å². The zero-order chi connectivity index (χ0) is 24.0. The zero-order valence-corrected chi connectivity index (χ0v) is 16.2. The fraction of sp³-hybridized carbons (Fsp3) is 0.500. The number of phenols is 1. The number of amides is 2. The van der Waals surface area contributed by atoms with Crippen LogP contribution in [0.4, 0.5) is 0 Å². The maximum Gasteiger partial charge on any atom is 0.451 e. The van der Waals surface area contributed by atoms with E-state index in [1.807, 2.05) is 0 Å². The van der Waals surface area contributed by atoms with E-state index >= 15 is 0 Å². The number of hydrogen-bond acceptors (Lipinski definition) is 8. The average molecular weight is 425 g/mol. The SMILES string of the molecule is [2H]CN(C[2H])[C@@H](CC(N)=O)C(=O)N1CC(Oc2ccc(CCB(O)O)c(O)c2C(=O)O)C1. The van der Waals surface area contributed by atoms with Gasteiger partial charge in [0, 0.05) is 2.74 Å². The van der Waals surface area contributed by atoms with Gasteiger partial charge in [-0.1, -0.05) is 6.07 Å². The Morgan fingerprint density at radius 2 is 2.03 bits per heavy atom. The molecule has 0 bridgehead atoms. The number of nitrogens with two attached hydrogens (primary N) is 1. The first-order valence-electron chi connectivity index (χ1n) is 10.5. The number of aromatic hydroxyl groups is 1. The van der Waals surface area contributed by atoms with Crippen molar-refractivity contribution >= 4 is 24.9 Å². The van der Waals surface area contributed by atoms with Gasteiger partial charge in [-0.25, -0.2) is 4.79 Å². The predicted molar refractivity (Wildman–Crippen MR) is 106 cm³/mol. The lowest BCUT2D eigenvalue weighted by Crippen LogP contribution is -2.60. The Labute approximate surface area is 176 Å². The molecule has 0 spiro atoms. The molecule has 164 valence electrons. The van der Waals surface area contributed by atoms with Gasteiger partial charge >= 0.3 is 13.1 Å². The molecule has 1 atom stereocenters. The van der Waals surface area contributed by atoms with Gasteiger partial charge in [-0.3, -0.25) is 14.5 Å². The van der Waals surface area contributed by atoms with Crippen molar-refractivity contribution in [2.75, 3.05) is 27.1 Å². The minimum atomic E-state index is -1.60. The van der Waals surface area contributed by atoms with E-state index in [1.165, 1.54) is 21.9 Å². The molecule has 12 heteroatoms. The Hall–Kier alpha value is -2.83. The maximum atomic E-state index is 12.7. The number of primary amides is 1. The first-order chi connectivity index (χ1) is 15.1. The van der Waals surface area contributed by atoms with Crippen LogP contribution in [-0.4, -0.2) is 94.2 Å². The van der Waals surface area contributed by atoms with Gasteiger partial charge in [0.15, 0.2) is 0 Å². The number of carbonyl (C=O) groups is 3. The van der Waals surface area contributed by atoms with Crippen molar-refractivity contribution in [1.29, 1.82) is 0 Å². The summed E-state index contributed by atoms with van der Waals surface area (Å²) >= 11 is 0. The Balaban J connectivity index is 2.08. The number of carboxylic acids is 1. The van der Waals surface area contributed by atoms with Crippen molar-refractivity contribution in [3.05, 3.63) is 23.3 Å². The van der Waals surface area contributed by atoms with Crippen LogP contribution in [0.3, 0.4) is 0 Å². The van der Waals surface area contributed by atoms with Crippen LogP contribution in [0.2, 0.25) is 6.32 Å². The fourth-order valence-corrected chi connectivity index (χ4v) is 3.05. The van der Waals surface area contributed by atoms with E-state index < -0.39 is 48.4 Å². The summed E-state index contributed by atoms with van der Waals surface area (Å²) in [7, 11) is -2.32. The van der Waals surface area contributed by atoms with Gasteiger partial charge < -0.3 is 35.6 Å². The molecule has 0 aromatic heterocycles. The second kappa shape index (κ2) is 9.78. The Bertz CT molecular complexity index is 850. The highest BCUT2D eigenvalue weighted by atomic mass is 16.5. The second-order valence-corrected chi connectivity index (χ2v) is 7.03. The smallest absolute Gasteiger partial charge is 0.451 e. The predicted octanol–water partition coefficient (Wildman–Crippen LogP) is -1.50. The number of benzene rings is 1. The highest BCUT2D eigenvalue weighted by Crippen LogP contribution is 2.34. The summed E-state index contributed by atoms with van der Waals surface area (Å²) in [6.45, 7) is 0.159. The summed E-state index contributed by atoms with van der Waals surface area (Å²) in [4.78, 5) is 38.2. The van der Waals surface area contributed by atoms with Crippen LogP contribution >= 0.6 is 0 Å². The van der Waals surface area contributed by atoms with Crippen LogP contribution in [0.25, 0.3) is 0 Å². The zero-order valence-electron chi connectivity index (χ0n) is 18.2. The number of hydrogen-bond donors (Lipinski definition) is 5. The molecule has 30 heavy (non-hydrogen) atoms. The first kappa shape index (κ1) is 20.4. The number of likely N-dealkylation sites (tertiary alicyclic amines) is 1. The largest absolute Gasteiger partial charge is 0.507 e. The second-order valence-electron chi connectivity index (χ2n) is 7.03. The number of aryl methyl sites for hydroxylation is 1. The van der Waals surface area contributed by atoms with E-state index in [0.717, 1.165) is 0 Å². The molecule has 6 N–H and O–H groups in total. The van der Waals surface area contributed by atoms with E-state index in [9.17, 15) is 24.6 Å². The van der Waals surface area contributed by atoms with E-state index in [2.05, 4.69) is 0 Å². The number of aromatic carboxylic acids is 1. The molecule has 1 aromatic rings. The molecule has 1 aliphatic rings. The van der Waals surface area contributed by atoms with Crippen LogP contribution in [-0.2, 0) is 16.0 Å². The van der Waals surface area contributed by atoms with Crippen LogP contribution in [0.5, 0.6) is 11.5 Å². The van der Waals surface area contributed by atoms with Crippen molar-refractivity contribution in [3.8, 4) is 11.5 Å². The topological polar surface area (TPSA) is 174 Å². The molecule has 11 nitrogen and oxygen atoms in total. The molecule has 0 saturated carbocycles. The molecule has 2 amide bonds. The normalized spacial score (nSPS) is 15.8. The molecule has 1 aromatic carbocycles. The first-order valence-corrected chi connectivity index (χ1v) is 9.09. The Morgan fingerprint density at radius 3 is 2.57 bits per heavy atom. The molecule has 1 saturated heterocycles. The summed E-state index contributed by atoms with van der Waals surface area (Å²) < 4.78 is 20.5. The van der Waals surface area contributed by atoms with Crippen molar-refractivity contribution < 1.29 is 42.1 Å². The molecule has 0 unspecified atom stereocenters. The highest BCUT2D eigenvalue weighted by molar-refractivity contribution is 6.41. The number of rotatable bonds is 10. The third-order valence-electron chi connectivity index (χ3n) is 4.68. The van der Waals surface area contributed by atoms with E-state index in [1.54, 1.807) is 0 Å². The van der Waals surface area contributed by atoms with Crippen molar-refractivity contribution in [2.24, 2.45) is 5.73 Å². The van der Waals surface area contributed by atoms with Gasteiger partial charge in [0.25, 0.3) is 0 Å². The standard InChI is InChI=1S/C18H26BN3O8/c1-21(2)12(7-14(20)23)17(25)22-8-11(9-22)30-13-4-3-10(5-6-19(28)29)16(24)15(13)18(26)27/h3-4,11-12,24,28-29H,5-9H2,1-2H3,(H2,20,23)(H,26,27)/t12-/m0/s1/i1D,2D. The van der Waals surface area contributed by atoms with Crippen LogP contribution in [0.15, 0.2) is 12.1 Å². The summed E-state index contributed by atoms with van der Waals surface area (Å²) in [6, 6.07) is 1.73. The van der Waals surface area contributed by atoms with Crippen molar-refractivity contribution in [3.63, 3.8) is 0 Å². The molecule has 1 aliphatic heterocycles. The fourth-order valence-electron chi connectivity index (χ4n) is 3.05. The minimum Gasteiger partial charge on any atom is -0.507 e. The number of carbonyl (C=O) groups excluding carboxylic acids is 2. The lowest BCUT2D eigenvalue weighted by Gasteiger charge is -2.41. The van der Waals surface area contributed by atoms with Gasteiger partial charge in [0.2, 0.25) is 11.8 Å². The highest BCUT2D eigenvalue weighted by Gasteiger charge is 2.38. The number of likely N-dealkylation sites (N-methyl/N-ethyl adjacent to an activating group) is 1. The van der Waals surface area contributed by atoms with Crippen LogP contribution in [0.1, 0.15) is 25.1 Å². The maximum absolute atomic E-state index is 12.7. The minimum absolute atomic E-state index is 0.0412. The number of nitrogens with zero attached hydrogens (tertiary/aromatic N) is 2. The Morgan fingerprint density at radius 1 is 1.37 bits per heavy atom. The van der Waals surface area contributed by atoms with E-state index in [-0.39, 0.29) is 57.6 Å². The average Bonchev–Trinajstić information content (AvgIpc) is 2.68.